The first-order chi connectivity index (χ1) is 6.95. The molecule has 0 aromatic heterocycles. The number of benzene rings is 1. The van der Waals surface area contributed by atoms with E-state index in [4.69, 9.17) is 0 Å². The molecule has 0 aliphatic carbocycles. The highest BCUT2D eigenvalue weighted by Gasteiger charge is 2.30. The van der Waals surface area contributed by atoms with E-state index in [1.54, 1.807) is 0 Å². The van der Waals surface area contributed by atoms with Crippen LogP contribution in [0.25, 0.3) is 0 Å². The van der Waals surface area contributed by atoms with E-state index in [1.165, 1.54) is 12.1 Å². The molecule has 0 heterocycles. The lowest BCUT2D eigenvalue weighted by molar-refractivity contribution is -0.137. The van der Waals surface area contributed by atoms with Gasteiger partial charge >= 0.3 is 6.18 Å². The molecular formula is C11H11F3O. The van der Waals surface area contributed by atoms with E-state index < -0.39 is 11.7 Å². The summed E-state index contributed by atoms with van der Waals surface area (Å²) in [5.41, 5.74) is -0.389. The van der Waals surface area contributed by atoms with Crippen LogP contribution in [0.2, 0.25) is 0 Å². The topological polar surface area (TPSA) is 17.1 Å². The summed E-state index contributed by atoms with van der Waals surface area (Å²) in [5, 5.41) is 0. The van der Waals surface area contributed by atoms with Crippen molar-refractivity contribution in [1.82, 2.24) is 0 Å². The Kier molecular flexibility index (Phi) is 3.50. The molecule has 1 aromatic carbocycles. The fourth-order valence-corrected chi connectivity index (χ4v) is 1.22. The van der Waals surface area contributed by atoms with Gasteiger partial charge in [0.05, 0.1) is 5.56 Å². The van der Waals surface area contributed by atoms with Gasteiger partial charge in [0, 0.05) is 12.0 Å². The summed E-state index contributed by atoms with van der Waals surface area (Å²) in [7, 11) is 0. The van der Waals surface area contributed by atoms with E-state index in [9.17, 15) is 18.0 Å². The minimum Gasteiger partial charge on any atom is -0.294 e. The summed E-state index contributed by atoms with van der Waals surface area (Å²) in [4.78, 5) is 11.3. The van der Waals surface area contributed by atoms with Crippen molar-refractivity contribution in [2.45, 2.75) is 25.9 Å². The Labute approximate surface area is 85.9 Å². The molecule has 0 N–H and O–H groups in total. The monoisotopic (exact) mass is 216 g/mol. The summed E-state index contributed by atoms with van der Waals surface area (Å²) in [6, 6.07) is 4.31. The van der Waals surface area contributed by atoms with Crippen LogP contribution < -0.4 is 0 Å². The SMILES string of the molecule is CCCC(=O)c1ccc(C(F)(F)F)cc1. The minimum absolute atomic E-state index is 0.119. The molecule has 0 bridgehead atoms. The summed E-state index contributed by atoms with van der Waals surface area (Å²) in [6.07, 6.45) is -3.28. The average molecular weight is 216 g/mol. The molecule has 0 fully saturated rings. The minimum atomic E-state index is -4.34. The van der Waals surface area contributed by atoms with Gasteiger partial charge in [-0.25, -0.2) is 0 Å². The Balaban J connectivity index is 2.86. The van der Waals surface area contributed by atoms with Gasteiger partial charge in [0.25, 0.3) is 0 Å². The summed E-state index contributed by atoms with van der Waals surface area (Å²) in [5.74, 6) is -0.119. The second kappa shape index (κ2) is 4.47. The van der Waals surface area contributed by atoms with Crippen molar-refractivity contribution in [1.29, 1.82) is 0 Å². The Morgan fingerprint density at radius 2 is 1.73 bits per heavy atom. The molecular weight excluding hydrogens is 205 g/mol. The average Bonchev–Trinajstić information content (AvgIpc) is 2.17. The molecule has 15 heavy (non-hydrogen) atoms. The van der Waals surface area contributed by atoms with Crippen molar-refractivity contribution in [2.24, 2.45) is 0 Å². The molecule has 82 valence electrons. The largest absolute Gasteiger partial charge is 0.416 e. The number of carbonyl (C=O) groups is 1. The standard InChI is InChI=1S/C11H11F3O/c1-2-3-10(15)8-4-6-9(7-5-8)11(12,13)14/h4-7H,2-3H2,1H3. The Bertz CT molecular complexity index is 338. The van der Waals surface area contributed by atoms with Gasteiger partial charge in [-0.2, -0.15) is 13.2 Å². The van der Waals surface area contributed by atoms with E-state index in [0.29, 0.717) is 18.4 Å². The molecule has 1 aromatic rings. The van der Waals surface area contributed by atoms with Gasteiger partial charge in [0.1, 0.15) is 0 Å². The predicted octanol–water partition coefficient (Wildman–Crippen LogP) is 3.69. The number of hydrogen-bond acceptors (Lipinski definition) is 1. The molecule has 0 atom stereocenters. The van der Waals surface area contributed by atoms with Crippen molar-refractivity contribution in [3.05, 3.63) is 35.4 Å². The Morgan fingerprint density at radius 3 is 2.13 bits per heavy atom. The van der Waals surface area contributed by atoms with E-state index in [-0.39, 0.29) is 5.78 Å². The number of rotatable bonds is 3. The second-order valence-electron chi connectivity index (χ2n) is 3.25. The number of carbonyl (C=O) groups excluding carboxylic acids is 1. The lowest BCUT2D eigenvalue weighted by Crippen LogP contribution is -2.05. The zero-order chi connectivity index (χ0) is 11.5. The first kappa shape index (κ1) is 11.8. The van der Waals surface area contributed by atoms with Gasteiger partial charge < -0.3 is 0 Å². The molecule has 0 aliphatic rings. The number of hydrogen-bond donors (Lipinski definition) is 0. The van der Waals surface area contributed by atoms with Crippen molar-refractivity contribution in [3.8, 4) is 0 Å². The van der Waals surface area contributed by atoms with Gasteiger partial charge in [0.15, 0.2) is 5.78 Å². The van der Waals surface area contributed by atoms with E-state index in [1.807, 2.05) is 6.92 Å². The van der Waals surface area contributed by atoms with Crippen molar-refractivity contribution in [2.75, 3.05) is 0 Å². The van der Waals surface area contributed by atoms with Gasteiger partial charge in [-0.05, 0) is 18.6 Å². The molecule has 4 heteroatoms. The fraction of sp³-hybridized carbons (Fsp3) is 0.364. The maximum atomic E-state index is 12.2. The zero-order valence-electron chi connectivity index (χ0n) is 8.27. The van der Waals surface area contributed by atoms with Gasteiger partial charge in [-0.3, -0.25) is 4.79 Å². The van der Waals surface area contributed by atoms with Crippen LogP contribution in [0.4, 0.5) is 13.2 Å². The number of Topliss-reactive ketones (excluding diaryl/α,β-unsaturated/α-hetero) is 1. The summed E-state index contributed by atoms with van der Waals surface area (Å²) < 4.78 is 36.6. The second-order valence-corrected chi connectivity index (χ2v) is 3.25. The van der Waals surface area contributed by atoms with Crippen LogP contribution in [0, 0.1) is 0 Å². The molecule has 1 rings (SSSR count). The lowest BCUT2D eigenvalue weighted by Gasteiger charge is -2.06. The van der Waals surface area contributed by atoms with Crippen molar-refractivity contribution < 1.29 is 18.0 Å². The van der Waals surface area contributed by atoms with Crippen molar-refractivity contribution in [3.63, 3.8) is 0 Å². The smallest absolute Gasteiger partial charge is 0.294 e. The molecule has 0 unspecified atom stereocenters. The third-order valence-corrected chi connectivity index (χ3v) is 2.01. The van der Waals surface area contributed by atoms with Crippen LogP contribution in [0.3, 0.4) is 0 Å². The van der Waals surface area contributed by atoms with E-state index in [2.05, 4.69) is 0 Å². The van der Waals surface area contributed by atoms with Gasteiger partial charge in [-0.1, -0.05) is 19.1 Å². The van der Waals surface area contributed by atoms with Crippen LogP contribution in [-0.4, -0.2) is 5.78 Å². The predicted molar refractivity (Wildman–Crippen MR) is 50.7 cm³/mol. The molecule has 1 nitrogen and oxygen atoms in total. The molecule has 0 amide bonds. The highest BCUT2D eigenvalue weighted by atomic mass is 19.4. The third kappa shape index (κ3) is 3.08. The normalized spacial score (nSPS) is 11.5. The third-order valence-electron chi connectivity index (χ3n) is 2.01. The lowest BCUT2D eigenvalue weighted by atomic mass is 10.1. The van der Waals surface area contributed by atoms with Crippen LogP contribution in [0.15, 0.2) is 24.3 Å². The molecule has 0 saturated heterocycles. The first-order valence-electron chi connectivity index (χ1n) is 4.65. The van der Waals surface area contributed by atoms with E-state index >= 15 is 0 Å². The summed E-state index contributed by atoms with van der Waals surface area (Å²) in [6.45, 7) is 1.85. The van der Waals surface area contributed by atoms with Crippen LogP contribution in [-0.2, 0) is 6.18 Å². The van der Waals surface area contributed by atoms with Crippen LogP contribution in [0.5, 0.6) is 0 Å². The number of halogens is 3. The number of alkyl halides is 3. The molecule has 0 saturated carbocycles. The van der Waals surface area contributed by atoms with E-state index in [0.717, 1.165) is 12.1 Å². The Hall–Kier alpha value is -1.32. The maximum Gasteiger partial charge on any atom is 0.416 e. The Morgan fingerprint density at radius 1 is 1.20 bits per heavy atom. The van der Waals surface area contributed by atoms with Gasteiger partial charge in [0.2, 0.25) is 0 Å². The molecule has 0 spiro atoms. The maximum absolute atomic E-state index is 12.2. The number of ketones is 1. The molecule has 0 radical (unpaired) electrons. The fourth-order valence-electron chi connectivity index (χ4n) is 1.22. The highest BCUT2D eigenvalue weighted by molar-refractivity contribution is 5.96. The summed E-state index contributed by atoms with van der Waals surface area (Å²) >= 11 is 0. The van der Waals surface area contributed by atoms with Crippen molar-refractivity contribution >= 4 is 5.78 Å². The van der Waals surface area contributed by atoms with Crippen LogP contribution >= 0.6 is 0 Å². The quantitative estimate of drug-likeness (QED) is 0.704. The first-order valence-corrected chi connectivity index (χ1v) is 4.65. The van der Waals surface area contributed by atoms with Crippen LogP contribution in [0.1, 0.15) is 35.7 Å². The molecule has 0 aliphatic heterocycles. The zero-order valence-corrected chi connectivity index (χ0v) is 8.27. The highest BCUT2D eigenvalue weighted by Crippen LogP contribution is 2.29. The van der Waals surface area contributed by atoms with Gasteiger partial charge in [-0.15, -0.1) is 0 Å².